The summed E-state index contributed by atoms with van der Waals surface area (Å²) < 4.78 is 22.6. The topological polar surface area (TPSA) is 36.9 Å². The van der Waals surface area contributed by atoms with Crippen molar-refractivity contribution in [1.82, 2.24) is 0 Å². The van der Waals surface area contributed by atoms with E-state index in [1.807, 2.05) is 73.7 Å². The number of para-hydroxylation sites is 1. The lowest BCUT2D eigenvalue weighted by molar-refractivity contribution is 0.395. The Morgan fingerprint density at radius 2 is 1.12 bits per heavy atom. The van der Waals surface area contributed by atoms with Crippen molar-refractivity contribution in [2.24, 2.45) is 0 Å². The Hall–Kier alpha value is -3.14. The molecule has 0 aliphatic rings. The maximum Gasteiger partial charge on any atom is 0.172 e. The summed E-state index contributed by atoms with van der Waals surface area (Å²) in [6, 6.07) is 20.7. The summed E-state index contributed by atoms with van der Waals surface area (Å²) in [4.78, 5) is 0. The third kappa shape index (κ3) is 4.04. The minimum atomic E-state index is 0.635. The van der Waals surface area contributed by atoms with E-state index in [4.69, 9.17) is 18.9 Å². The van der Waals surface area contributed by atoms with Crippen molar-refractivity contribution in [1.29, 1.82) is 0 Å². The van der Waals surface area contributed by atoms with Gasteiger partial charge in [0.05, 0.1) is 14.2 Å². The standard InChI is InChI=1S/C21H20O4/c1-15-7-4-12-20(24-18-10-5-8-16(13-18)22-2)21(15)25-19-11-6-9-17(14-19)23-3/h4-14H,1-3H3. The highest BCUT2D eigenvalue weighted by Gasteiger charge is 2.11. The normalized spacial score (nSPS) is 10.2. The van der Waals surface area contributed by atoms with Crippen molar-refractivity contribution in [3.63, 3.8) is 0 Å². The summed E-state index contributed by atoms with van der Waals surface area (Å²) in [5, 5.41) is 0. The van der Waals surface area contributed by atoms with Crippen molar-refractivity contribution in [3.05, 3.63) is 72.3 Å². The number of hydrogen-bond donors (Lipinski definition) is 0. The van der Waals surface area contributed by atoms with E-state index in [9.17, 15) is 0 Å². The van der Waals surface area contributed by atoms with Gasteiger partial charge in [0.1, 0.15) is 23.0 Å². The molecule has 128 valence electrons. The van der Waals surface area contributed by atoms with Gasteiger partial charge in [0.25, 0.3) is 0 Å². The number of methoxy groups -OCH3 is 2. The molecule has 4 nitrogen and oxygen atoms in total. The Labute approximate surface area is 147 Å². The Bertz CT molecular complexity index is 858. The molecule has 0 saturated heterocycles. The number of rotatable bonds is 6. The minimum absolute atomic E-state index is 0.635. The summed E-state index contributed by atoms with van der Waals surface area (Å²) in [7, 11) is 3.26. The molecule has 0 heterocycles. The highest BCUT2D eigenvalue weighted by Crippen LogP contribution is 2.38. The average molecular weight is 336 g/mol. The SMILES string of the molecule is COc1cccc(Oc2cccc(C)c2Oc2cccc(OC)c2)c1. The molecule has 0 N–H and O–H groups in total. The van der Waals surface area contributed by atoms with Crippen molar-refractivity contribution in [3.8, 4) is 34.5 Å². The lowest BCUT2D eigenvalue weighted by Gasteiger charge is -2.15. The molecule has 0 fully saturated rings. The maximum absolute atomic E-state index is 6.08. The van der Waals surface area contributed by atoms with Crippen LogP contribution in [0.3, 0.4) is 0 Å². The van der Waals surface area contributed by atoms with E-state index < -0.39 is 0 Å². The van der Waals surface area contributed by atoms with Crippen LogP contribution in [0.1, 0.15) is 5.56 Å². The third-order valence-corrected chi connectivity index (χ3v) is 3.71. The molecule has 0 aliphatic carbocycles. The van der Waals surface area contributed by atoms with Gasteiger partial charge in [-0.3, -0.25) is 0 Å². The summed E-state index contributed by atoms with van der Waals surface area (Å²) in [5.74, 6) is 4.14. The summed E-state index contributed by atoms with van der Waals surface area (Å²) in [5.41, 5.74) is 0.975. The van der Waals surface area contributed by atoms with E-state index in [-0.39, 0.29) is 0 Å². The van der Waals surface area contributed by atoms with Crippen LogP contribution in [-0.4, -0.2) is 14.2 Å². The zero-order chi connectivity index (χ0) is 17.6. The van der Waals surface area contributed by atoms with Crippen molar-refractivity contribution in [2.45, 2.75) is 6.92 Å². The first-order chi connectivity index (χ1) is 12.2. The quantitative estimate of drug-likeness (QED) is 0.587. The zero-order valence-corrected chi connectivity index (χ0v) is 14.5. The van der Waals surface area contributed by atoms with E-state index in [0.717, 1.165) is 17.1 Å². The molecular formula is C21H20O4. The predicted molar refractivity (Wildman–Crippen MR) is 97.3 cm³/mol. The fraction of sp³-hybridized carbons (Fsp3) is 0.143. The van der Waals surface area contributed by atoms with E-state index in [1.165, 1.54) is 0 Å². The highest BCUT2D eigenvalue weighted by molar-refractivity contribution is 5.51. The molecule has 0 saturated carbocycles. The number of benzene rings is 3. The summed E-state index contributed by atoms with van der Waals surface area (Å²) >= 11 is 0. The molecule has 3 rings (SSSR count). The molecule has 0 atom stereocenters. The fourth-order valence-corrected chi connectivity index (χ4v) is 2.41. The lowest BCUT2D eigenvalue weighted by atomic mass is 10.2. The number of aryl methyl sites for hydroxylation is 1. The molecule has 0 amide bonds. The van der Waals surface area contributed by atoms with Crippen LogP contribution in [0.2, 0.25) is 0 Å². The van der Waals surface area contributed by atoms with E-state index in [0.29, 0.717) is 23.0 Å². The molecule has 4 heteroatoms. The predicted octanol–water partition coefficient (Wildman–Crippen LogP) is 5.60. The van der Waals surface area contributed by atoms with Gasteiger partial charge >= 0.3 is 0 Å². The molecule has 0 spiro atoms. The Morgan fingerprint density at radius 3 is 1.72 bits per heavy atom. The monoisotopic (exact) mass is 336 g/mol. The van der Waals surface area contributed by atoms with E-state index >= 15 is 0 Å². The largest absolute Gasteiger partial charge is 0.497 e. The fourth-order valence-electron chi connectivity index (χ4n) is 2.41. The van der Waals surface area contributed by atoms with Crippen LogP contribution in [0, 0.1) is 6.92 Å². The van der Waals surface area contributed by atoms with Gasteiger partial charge < -0.3 is 18.9 Å². The number of ether oxygens (including phenoxy) is 4. The van der Waals surface area contributed by atoms with Gasteiger partial charge in [-0.05, 0) is 42.8 Å². The Balaban J connectivity index is 1.91. The number of hydrogen-bond acceptors (Lipinski definition) is 4. The van der Waals surface area contributed by atoms with Gasteiger partial charge in [-0.25, -0.2) is 0 Å². The van der Waals surface area contributed by atoms with Crippen LogP contribution in [0.15, 0.2) is 66.7 Å². The molecule has 0 radical (unpaired) electrons. The smallest absolute Gasteiger partial charge is 0.172 e. The van der Waals surface area contributed by atoms with E-state index in [1.54, 1.807) is 14.2 Å². The van der Waals surface area contributed by atoms with Crippen LogP contribution in [0.25, 0.3) is 0 Å². The van der Waals surface area contributed by atoms with Gasteiger partial charge in [-0.2, -0.15) is 0 Å². The maximum atomic E-state index is 6.08. The first-order valence-corrected chi connectivity index (χ1v) is 7.93. The second kappa shape index (κ2) is 7.62. The average Bonchev–Trinajstić information content (AvgIpc) is 2.65. The highest BCUT2D eigenvalue weighted by atomic mass is 16.5. The third-order valence-electron chi connectivity index (χ3n) is 3.71. The lowest BCUT2D eigenvalue weighted by Crippen LogP contribution is -1.94. The molecule has 0 bridgehead atoms. The van der Waals surface area contributed by atoms with E-state index in [2.05, 4.69) is 0 Å². The summed E-state index contributed by atoms with van der Waals surface area (Å²) in [6.07, 6.45) is 0. The molecular weight excluding hydrogens is 316 g/mol. The van der Waals surface area contributed by atoms with Crippen molar-refractivity contribution >= 4 is 0 Å². The van der Waals surface area contributed by atoms with Crippen LogP contribution >= 0.6 is 0 Å². The second-order valence-electron chi connectivity index (χ2n) is 5.46. The second-order valence-corrected chi connectivity index (χ2v) is 5.46. The van der Waals surface area contributed by atoms with Crippen LogP contribution < -0.4 is 18.9 Å². The molecule has 0 aromatic heterocycles. The molecule has 25 heavy (non-hydrogen) atoms. The van der Waals surface area contributed by atoms with Gasteiger partial charge in [0.2, 0.25) is 0 Å². The van der Waals surface area contributed by atoms with Crippen LogP contribution in [0.5, 0.6) is 34.5 Å². The van der Waals surface area contributed by atoms with Gasteiger partial charge in [-0.1, -0.05) is 24.3 Å². The Kier molecular flexibility index (Phi) is 5.09. The first-order valence-electron chi connectivity index (χ1n) is 7.93. The van der Waals surface area contributed by atoms with Crippen LogP contribution in [-0.2, 0) is 0 Å². The van der Waals surface area contributed by atoms with Crippen molar-refractivity contribution < 1.29 is 18.9 Å². The Morgan fingerprint density at radius 1 is 0.600 bits per heavy atom. The first kappa shape index (κ1) is 16.7. The molecule has 3 aromatic rings. The molecule has 0 aliphatic heterocycles. The van der Waals surface area contributed by atoms with Crippen LogP contribution in [0.4, 0.5) is 0 Å². The van der Waals surface area contributed by atoms with Gasteiger partial charge in [-0.15, -0.1) is 0 Å². The molecule has 3 aromatic carbocycles. The summed E-state index contributed by atoms with van der Waals surface area (Å²) in [6.45, 7) is 1.98. The molecule has 0 unspecified atom stereocenters. The zero-order valence-electron chi connectivity index (χ0n) is 14.5. The van der Waals surface area contributed by atoms with Gasteiger partial charge in [0.15, 0.2) is 11.5 Å². The van der Waals surface area contributed by atoms with Crippen molar-refractivity contribution in [2.75, 3.05) is 14.2 Å². The van der Waals surface area contributed by atoms with Gasteiger partial charge in [0, 0.05) is 12.1 Å². The minimum Gasteiger partial charge on any atom is -0.497 e.